The maximum absolute atomic E-state index is 13.7. The molecule has 0 aliphatic heterocycles. The number of anilines is 1. The lowest BCUT2D eigenvalue weighted by Crippen LogP contribution is -2.26. The fourth-order valence-corrected chi connectivity index (χ4v) is 2.10. The monoisotopic (exact) mass is 342 g/mol. The molecule has 1 saturated carbocycles. The van der Waals surface area contributed by atoms with Crippen LogP contribution in [0.1, 0.15) is 45.5 Å². The van der Waals surface area contributed by atoms with Gasteiger partial charge in [0.25, 0.3) is 11.7 Å². The number of oxazole rings is 1. The maximum Gasteiger partial charge on any atom is 0.455 e. The summed E-state index contributed by atoms with van der Waals surface area (Å²) in [4.78, 5) is 27.4. The van der Waals surface area contributed by atoms with Crippen molar-refractivity contribution >= 4 is 17.4 Å². The number of Topliss-reactive ketones (excluding diaryl/α,β-unsaturated/α-hetero) is 1. The summed E-state index contributed by atoms with van der Waals surface area (Å²) in [6.07, 6.45) is -2.44. The Kier molecular flexibility index (Phi) is 3.86. The van der Waals surface area contributed by atoms with Crippen LogP contribution in [0.15, 0.2) is 28.9 Å². The molecule has 1 heterocycles. The van der Waals surface area contributed by atoms with E-state index >= 15 is 0 Å². The van der Waals surface area contributed by atoms with Crippen LogP contribution >= 0.6 is 0 Å². The number of nitrogens with zero attached hydrogens (tertiary/aromatic N) is 1. The summed E-state index contributed by atoms with van der Waals surface area (Å²) in [5.41, 5.74) is -1.99. The first-order valence-corrected chi connectivity index (χ1v) is 6.94. The van der Waals surface area contributed by atoms with Crippen LogP contribution in [-0.4, -0.2) is 22.9 Å². The number of amides is 1. The first-order chi connectivity index (χ1) is 11.3. The zero-order chi connectivity index (χ0) is 17.5. The zero-order valence-electron chi connectivity index (χ0n) is 12.0. The molecule has 0 spiro atoms. The lowest BCUT2D eigenvalue weighted by Gasteiger charge is -2.12. The van der Waals surface area contributed by atoms with Gasteiger partial charge < -0.3 is 9.73 Å². The molecular formula is C15H10F4N2O3. The smallest absolute Gasteiger partial charge is 0.448 e. The van der Waals surface area contributed by atoms with Crippen LogP contribution in [0, 0.1) is 5.82 Å². The standard InChI is InChI=1S/C15H10F4N2O3/c16-8-2-1-3-9(11(8)12(22)15(17,18)19)20-13(23)10-6-24-14(21-10)7-4-5-7/h1-3,6-7H,4-5H2,(H,20,23). The third kappa shape index (κ3) is 3.15. The average Bonchev–Trinajstić information content (AvgIpc) is 3.23. The number of carbonyl (C=O) groups excluding carboxylic acids is 2. The van der Waals surface area contributed by atoms with E-state index < -0.39 is 34.9 Å². The predicted octanol–water partition coefficient (Wildman–Crippen LogP) is 3.69. The minimum Gasteiger partial charge on any atom is -0.448 e. The van der Waals surface area contributed by atoms with Gasteiger partial charge in [-0.2, -0.15) is 13.2 Å². The number of benzene rings is 1. The third-order valence-corrected chi connectivity index (χ3v) is 3.43. The number of halogens is 4. The van der Waals surface area contributed by atoms with Crippen molar-refractivity contribution in [3.05, 3.63) is 47.4 Å². The van der Waals surface area contributed by atoms with E-state index in [4.69, 9.17) is 4.42 Å². The highest BCUT2D eigenvalue weighted by Crippen LogP contribution is 2.39. The summed E-state index contributed by atoms with van der Waals surface area (Å²) in [7, 11) is 0. The minimum atomic E-state index is -5.27. The van der Waals surface area contributed by atoms with E-state index in [1.165, 1.54) is 0 Å². The average molecular weight is 342 g/mol. The molecule has 1 aromatic heterocycles. The summed E-state index contributed by atoms with van der Waals surface area (Å²) < 4.78 is 56.6. The predicted molar refractivity (Wildman–Crippen MR) is 73.2 cm³/mol. The molecule has 1 aliphatic carbocycles. The van der Waals surface area contributed by atoms with E-state index in [-0.39, 0.29) is 11.6 Å². The van der Waals surface area contributed by atoms with Crippen molar-refractivity contribution in [3.8, 4) is 0 Å². The molecule has 1 N–H and O–H groups in total. The number of hydrogen-bond acceptors (Lipinski definition) is 4. The van der Waals surface area contributed by atoms with Crippen LogP contribution in [0.5, 0.6) is 0 Å². The Morgan fingerprint density at radius 2 is 1.96 bits per heavy atom. The quantitative estimate of drug-likeness (QED) is 0.679. The molecule has 0 saturated heterocycles. The highest BCUT2D eigenvalue weighted by atomic mass is 19.4. The topological polar surface area (TPSA) is 72.2 Å². The summed E-state index contributed by atoms with van der Waals surface area (Å²) in [6, 6.07) is 2.79. The lowest BCUT2D eigenvalue weighted by atomic mass is 10.1. The van der Waals surface area contributed by atoms with Gasteiger partial charge in [0.15, 0.2) is 11.6 Å². The second kappa shape index (κ2) is 5.73. The second-order valence-electron chi connectivity index (χ2n) is 5.29. The fraction of sp³-hybridized carbons (Fsp3) is 0.267. The van der Waals surface area contributed by atoms with Crippen molar-refractivity contribution in [1.29, 1.82) is 0 Å². The molecule has 2 aromatic rings. The second-order valence-corrected chi connectivity index (χ2v) is 5.29. The zero-order valence-corrected chi connectivity index (χ0v) is 12.0. The van der Waals surface area contributed by atoms with E-state index in [1.807, 2.05) is 0 Å². The summed E-state index contributed by atoms with van der Waals surface area (Å²) in [5.74, 6) is -4.15. The molecule has 0 radical (unpaired) electrons. The first-order valence-electron chi connectivity index (χ1n) is 6.94. The van der Waals surface area contributed by atoms with Crippen molar-refractivity contribution < 1.29 is 31.6 Å². The Morgan fingerprint density at radius 1 is 1.25 bits per heavy atom. The van der Waals surface area contributed by atoms with Crippen LogP contribution < -0.4 is 5.32 Å². The molecule has 1 fully saturated rings. The van der Waals surface area contributed by atoms with E-state index in [1.54, 1.807) is 0 Å². The third-order valence-electron chi connectivity index (χ3n) is 3.43. The van der Waals surface area contributed by atoms with E-state index in [0.717, 1.165) is 31.2 Å². The van der Waals surface area contributed by atoms with Gasteiger partial charge in [0.05, 0.1) is 11.3 Å². The molecule has 0 unspecified atom stereocenters. The molecule has 1 aromatic carbocycles. The number of alkyl halides is 3. The molecule has 3 rings (SSSR count). The normalized spacial score (nSPS) is 14.5. The molecule has 1 amide bonds. The summed E-state index contributed by atoms with van der Waals surface area (Å²) in [5, 5.41) is 2.07. The molecule has 9 heteroatoms. The van der Waals surface area contributed by atoms with Gasteiger partial charge in [0.1, 0.15) is 12.1 Å². The molecule has 1 aliphatic rings. The van der Waals surface area contributed by atoms with Crippen molar-refractivity contribution in [1.82, 2.24) is 4.98 Å². The molecule has 0 atom stereocenters. The van der Waals surface area contributed by atoms with Crippen LogP contribution in [0.2, 0.25) is 0 Å². The van der Waals surface area contributed by atoms with E-state index in [0.29, 0.717) is 12.0 Å². The highest BCUT2D eigenvalue weighted by molar-refractivity contribution is 6.10. The van der Waals surface area contributed by atoms with Crippen molar-refractivity contribution in [2.24, 2.45) is 0 Å². The highest BCUT2D eigenvalue weighted by Gasteiger charge is 2.42. The Hall–Kier alpha value is -2.71. The van der Waals surface area contributed by atoms with Crippen molar-refractivity contribution in [2.45, 2.75) is 24.9 Å². The molecule has 24 heavy (non-hydrogen) atoms. The fourth-order valence-electron chi connectivity index (χ4n) is 2.10. The number of ketones is 1. The van der Waals surface area contributed by atoms with Gasteiger partial charge in [-0.3, -0.25) is 9.59 Å². The number of nitrogens with one attached hydrogen (secondary N) is 1. The maximum atomic E-state index is 13.7. The molecular weight excluding hydrogens is 332 g/mol. The van der Waals surface area contributed by atoms with E-state index in [2.05, 4.69) is 10.3 Å². The van der Waals surface area contributed by atoms with Gasteiger partial charge in [0, 0.05) is 5.92 Å². The lowest BCUT2D eigenvalue weighted by molar-refractivity contribution is -0.0887. The van der Waals surface area contributed by atoms with Gasteiger partial charge in [-0.25, -0.2) is 9.37 Å². The van der Waals surface area contributed by atoms with Gasteiger partial charge in [-0.1, -0.05) is 6.07 Å². The SMILES string of the molecule is O=C(Nc1cccc(F)c1C(=O)C(F)(F)F)c1coc(C2CC2)n1. The van der Waals surface area contributed by atoms with Crippen LogP contribution in [0.4, 0.5) is 23.2 Å². The number of aromatic nitrogens is 1. The first kappa shape index (κ1) is 16.2. The Balaban J connectivity index is 1.87. The Bertz CT molecular complexity index is 809. The Morgan fingerprint density at radius 3 is 2.58 bits per heavy atom. The Labute approximate surface area is 132 Å². The van der Waals surface area contributed by atoms with Gasteiger partial charge in [-0.15, -0.1) is 0 Å². The molecule has 126 valence electrons. The summed E-state index contributed by atoms with van der Waals surface area (Å²) >= 11 is 0. The number of rotatable bonds is 4. The molecule has 5 nitrogen and oxygen atoms in total. The number of hydrogen-bond donors (Lipinski definition) is 1. The van der Waals surface area contributed by atoms with Crippen LogP contribution in [0.3, 0.4) is 0 Å². The van der Waals surface area contributed by atoms with Gasteiger partial charge >= 0.3 is 6.18 Å². The number of carbonyl (C=O) groups is 2. The van der Waals surface area contributed by atoms with Gasteiger partial charge in [-0.05, 0) is 25.0 Å². The molecule has 0 bridgehead atoms. The van der Waals surface area contributed by atoms with Crippen molar-refractivity contribution in [2.75, 3.05) is 5.32 Å². The summed E-state index contributed by atoms with van der Waals surface area (Å²) in [6.45, 7) is 0. The van der Waals surface area contributed by atoms with E-state index in [9.17, 15) is 27.2 Å². The minimum absolute atomic E-state index is 0.142. The van der Waals surface area contributed by atoms with Crippen molar-refractivity contribution in [3.63, 3.8) is 0 Å². The van der Waals surface area contributed by atoms with Gasteiger partial charge in [0.2, 0.25) is 0 Å². The van der Waals surface area contributed by atoms with Crippen LogP contribution in [-0.2, 0) is 0 Å². The largest absolute Gasteiger partial charge is 0.455 e. The van der Waals surface area contributed by atoms with Crippen LogP contribution in [0.25, 0.3) is 0 Å².